The average Bonchev–Trinajstić information content (AvgIpc) is 2.62. The molecule has 2 N–H and O–H groups in total. The molecule has 2 fully saturated rings. The molecule has 0 atom stereocenters. The van der Waals surface area contributed by atoms with Crippen molar-refractivity contribution in [2.75, 3.05) is 9.62 Å². The largest absolute Gasteiger partial charge is 0.479 e. The molecule has 3 rings (SSSR count). The summed E-state index contributed by atoms with van der Waals surface area (Å²) in [5.74, 6) is 0.414. The van der Waals surface area contributed by atoms with E-state index in [1.165, 1.54) is 24.2 Å². The molecule has 5 nitrogen and oxygen atoms in total. The van der Waals surface area contributed by atoms with E-state index in [1.54, 1.807) is 30.1 Å². The highest BCUT2D eigenvalue weighted by Gasteiger charge is 2.48. The zero-order chi connectivity index (χ0) is 19.4. The molecule has 27 heavy (non-hydrogen) atoms. The summed E-state index contributed by atoms with van der Waals surface area (Å²) in [7, 11) is 0. The van der Waals surface area contributed by atoms with Gasteiger partial charge < -0.3 is 9.83 Å². The van der Waals surface area contributed by atoms with Crippen molar-refractivity contribution in [3.8, 4) is 12.3 Å². The third kappa shape index (κ3) is 4.04. The Kier molecular flexibility index (Phi) is 6.23. The van der Waals surface area contributed by atoms with Crippen molar-refractivity contribution in [3.05, 3.63) is 23.2 Å². The Hall–Kier alpha value is -1.84. The van der Waals surface area contributed by atoms with Crippen LogP contribution in [0.3, 0.4) is 0 Å². The first kappa shape index (κ1) is 19.9. The molecule has 7 heteroatoms. The van der Waals surface area contributed by atoms with Crippen molar-refractivity contribution in [2.45, 2.75) is 62.2 Å². The summed E-state index contributed by atoms with van der Waals surface area (Å²) >= 11 is 8.06. The van der Waals surface area contributed by atoms with Crippen LogP contribution in [0.4, 0.5) is 11.4 Å². The fourth-order valence-electron chi connectivity index (χ4n) is 3.65. The van der Waals surface area contributed by atoms with Crippen molar-refractivity contribution in [2.24, 2.45) is 0 Å². The Morgan fingerprint density at radius 1 is 1.26 bits per heavy atom. The molecule has 0 spiro atoms. The van der Waals surface area contributed by atoms with Gasteiger partial charge in [-0.15, -0.1) is 6.42 Å². The molecule has 0 aliphatic heterocycles. The molecule has 0 heterocycles. The second kappa shape index (κ2) is 8.45. The maximum Gasteiger partial charge on any atom is 0.330 e. The van der Waals surface area contributed by atoms with E-state index in [4.69, 9.17) is 18.0 Å². The van der Waals surface area contributed by atoms with E-state index in [-0.39, 0.29) is 0 Å². The van der Waals surface area contributed by atoms with Crippen LogP contribution in [-0.4, -0.2) is 27.8 Å². The lowest BCUT2D eigenvalue weighted by Crippen LogP contribution is -2.58. The van der Waals surface area contributed by atoms with Crippen LogP contribution in [0.2, 0.25) is 5.02 Å². The van der Waals surface area contributed by atoms with E-state index in [1.807, 2.05) is 0 Å². The minimum absolute atomic E-state index is 0.380. The summed E-state index contributed by atoms with van der Waals surface area (Å²) in [6, 6.07) is 5.11. The average molecular weight is 407 g/mol. The molecule has 0 radical (unpaired) electrons. The predicted octanol–water partition coefficient (Wildman–Crippen LogP) is 4.71. The number of benzene rings is 1. The molecule has 2 saturated carbocycles. The number of aliphatic carboxylic acids is 1. The van der Waals surface area contributed by atoms with Crippen LogP contribution in [0.5, 0.6) is 0 Å². The summed E-state index contributed by atoms with van der Waals surface area (Å²) in [5, 5.41) is 11.0. The normalized spacial score (nSPS) is 18.8. The second-order valence-corrected chi connectivity index (χ2v) is 8.63. The molecule has 0 unspecified atom stereocenters. The Morgan fingerprint density at radius 3 is 2.48 bits per heavy atom. The Morgan fingerprint density at radius 2 is 1.96 bits per heavy atom. The zero-order valence-electron chi connectivity index (χ0n) is 15.0. The van der Waals surface area contributed by atoms with Gasteiger partial charge in [0.1, 0.15) is 5.54 Å². The number of hydrogen-bond donors (Lipinski definition) is 2. The topological polar surface area (TPSA) is 69.6 Å². The lowest BCUT2D eigenvalue weighted by Gasteiger charge is -2.42. The summed E-state index contributed by atoms with van der Waals surface area (Å²) in [5.41, 5.74) is -0.148. The number of terminal acetylenes is 1. The van der Waals surface area contributed by atoms with Gasteiger partial charge in [0.25, 0.3) is 0 Å². The molecule has 1 aromatic carbocycles. The number of anilines is 2. The SMILES string of the molecule is C#CC(=O)N(c1ccc(NSC2CCC2)c(Cl)c1)C1(C(=O)O)CCCCC1. The maximum atomic E-state index is 12.5. The lowest BCUT2D eigenvalue weighted by atomic mass is 9.79. The van der Waals surface area contributed by atoms with Crippen LogP contribution < -0.4 is 9.62 Å². The van der Waals surface area contributed by atoms with Crippen molar-refractivity contribution in [1.29, 1.82) is 0 Å². The van der Waals surface area contributed by atoms with E-state index in [0.717, 1.165) is 24.9 Å². The van der Waals surface area contributed by atoms with E-state index < -0.39 is 17.4 Å². The van der Waals surface area contributed by atoms with Crippen molar-refractivity contribution < 1.29 is 14.7 Å². The molecule has 1 amide bonds. The standard InChI is InChI=1S/C20H23ClN2O3S/c1-2-18(24)23(20(19(25)26)11-4-3-5-12-20)14-9-10-17(16(21)13-14)22-27-15-7-6-8-15/h1,9-10,13,15,22H,3-8,11-12H2,(H,25,26). The molecule has 0 bridgehead atoms. The second-order valence-electron chi connectivity index (χ2n) is 7.12. The van der Waals surface area contributed by atoms with Crippen molar-refractivity contribution in [3.63, 3.8) is 0 Å². The Bertz CT molecular complexity index is 767. The van der Waals surface area contributed by atoms with Crippen LogP contribution in [0, 0.1) is 12.3 Å². The fraction of sp³-hybridized carbons (Fsp3) is 0.500. The first-order chi connectivity index (χ1) is 13.0. The molecule has 0 saturated heterocycles. The van der Waals surface area contributed by atoms with E-state index in [9.17, 15) is 14.7 Å². The van der Waals surface area contributed by atoms with Crippen LogP contribution in [0.25, 0.3) is 0 Å². The smallest absolute Gasteiger partial charge is 0.330 e. The molecule has 0 aromatic heterocycles. The number of halogens is 1. The Balaban J connectivity index is 1.90. The number of carbonyl (C=O) groups excluding carboxylic acids is 1. The van der Waals surface area contributed by atoms with E-state index >= 15 is 0 Å². The highest BCUT2D eigenvalue weighted by Crippen LogP contribution is 2.40. The first-order valence-corrected chi connectivity index (χ1v) is 10.5. The number of amides is 1. The van der Waals surface area contributed by atoms with Crippen molar-refractivity contribution in [1.82, 2.24) is 0 Å². The molecule has 2 aliphatic rings. The Labute approximate surface area is 169 Å². The predicted molar refractivity (Wildman–Crippen MR) is 110 cm³/mol. The number of carbonyl (C=O) groups is 2. The number of hydrogen-bond acceptors (Lipinski definition) is 4. The lowest BCUT2D eigenvalue weighted by molar-refractivity contribution is -0.146. The highest BCUT2D eigenvalue weighted by atomic mass is 35.5. The van der Waals surface area contributed by atoms with Gasteiger partial charge in [0.15, 0.2) is 0 Å². The summed E-state index contributed by atoms with van der Waals surface area (Å²) in [4.78, 5) is 26.0. The van der Waals surface area contributed by atoms with Crippen molar-refractivity contribution >= 4 is 46.8 Å². The monoisotopic (exact) mass is 406 g/mol. The number of nitrogens with zero attached hydrogens (tertiary/aromatic N) is 1. The summed E-state index contributed by atoms with van der Waals surface area (Å²) < 4.78 is 3.26. The van der Waals surface area contributed by atoms with Crippen LogP contribution in [0.15, 0.2) is 18.2 Å². The van der Waals surface area contributed by atoms with Gasteiger partial charge in [-0.05, 0) is 61.8 Å². The van der Waals surface area contributed by atoms with Crippen LogP contribution in [0.1, 0.15) is 51.4 Å². The molecule has 2 aliphatic carbocycles. The highest BCUT2D eigenvalue weighted by molar-refractivity contribution is 8.01. The minimum Gasteiger partial charge on any atom is -0.479 e. The van der Waals surface area contributed by atoms with Crippen LogP contribution in [-0.2, 0) is 9.59 Å². The summed E-state index contributed by atoms with van der Waals surface area (Å²) in [6.07, 6.45) is 12.2. The molecular formula is C20H23ClN2O3S. The first-order valence-electron chi connectivity index (χ1n) is 9.23. The molecule has 144 valence electrons. The molecule has 1 aromatic rings. The number of carboxylic acids is 1. The number of rotatable bonds is 6. The van der Waals surface area contributed by atoms with Gasteiger partial charge in [-0.25, -0.2) is 4.79 Å². The van der Waals surface area contributed by atoms with Crippen LogP contribution >= 0.6 is 23.5 Å². The van der Waals surface area contributed by atoms with Gasteiger partial charge in [0, 0.05) is 10.9 Å². The van der Waals surface area contributed by atoms with Gasteiger partial charge in [-0.1, -0.05) is 37.3 Å². The zero-order valence-corrected chi connectivity index (χ0v) is 16.6. The van der Waals surface area contributed by atoms with Gasteiger partial charge in [-0.2, -0.15) is 0 Å². The van der Waals surface area contributed by atoms with E-state index in [2.05, 4.69) is 10.6 Å². The van der Waals surface area contributed by atoms with Gasteiger partial charge >= 0.3 is 11.9 Å². The minimum atomic E-state index is -1.32. The van der Waals surface area contributed by atoms with Gasteiger partial charge in [0.05, 0.1) is 10.7 Å². The van der Waals surface area contributed by atoms with Gasteiger partial charge in [-0.3, -0.25) is 9.69 Å². The molecular weight excluding hydrogens is 384 g/mol. The maximum absolute atomic E-state index is 12.5. The summed E-state index contributed by atoms with van der Waals surface area (Å²) in [6.45, 7) is 0. The number of nitrogens with one attached hydrogen (secondary N) is 1. The third-order valence-corrected chi connectivity index (χ3v) is 6.89. The fourth-order valence-corrected chi connectivity index (χ4v) is 4.97. The third-order valence-electron chi connectivity index (χ3n) is 5.43. The van der Waals surface area contributed by atoms with E-state index in [0.29, 0.717) is 28.8 Å². The van der Waals surface area contributed by atoms with Gasteiger partial charge in [0.2, 0.25) is 0 Å². The number of carboxylic acid groups (broad SMARTS) is 1. The quantitative estimate of drug-likeness (QED) is 0.529.